The number of amides is 3. The molecule has 0 bridgehead atoms. The molecule has 20 heavy (non-hydrogen) atoms. The molecule has 0 fully saturated rings. The summed E-state index contributed by atoms with van der Waals surface area (Å²) in [5, 5.41) is 8.17. The fourth-order valence-corrected chi connectivity index (χ4v) is 1.59. The van der Waals surface area contributed by atoms with E-state index >= 15 is 0 Å². The maximum atomic E-state index is 11.5. The summed E-state index contributed by atoms with van der Waals surface area (Å²) in [6.45, 7) is 5.52. The van der Waals surface area contributed by atoms with Gasteiger partial charge in [0.15, 0.2) is 0 Å². The molecule has 0 aliphatic heterocycles. The zero-order valence-corrected chi connectivity index (χ0v) is 12.2. The van der Waals surface area contributed by atoms with E-state index in [0.717, 1.165) is 12.0 Å². The van der Waals surface area contributed by atoms with Crippen LogP contribution < -0.4 is 16.0 Å². The molecule has 0 aromatic heterocycles. The molecule has 0 aliphatic carbocycles. The minimum Gasteiger partial charge on any atom is -0.356 e. The van der Waals surface area contributed by atoms with E-state index in [9.17, 15) is 9.59 Å². The van der Waals surface area contributed by atoms with Gasteiger partial charge in [-0.15, -0.1) is 0 Å². The van der Waals surface area contributed by atoms with Crippen molar-refractivity contribution < 1.29 is 9.59 Å². The van der Waals surface area contributed by atoms with Gasteiger partial charge in [0, 0.05) is 26.1 Å². The van der Waals surface area contributed by atoms with Crippen LogP contribution in [0, 0.1) is 6.92 Å². The molecule has 5 nitrogen and oxygen atoms in total. The summed E-state index contributed by atoms with van der Waals surface area (Å²) >= 11 is 0. The number of hydrogen-bond donors (Lipinski definition) is 3. The predicted molar refractivity (Wildman–Crippen MR) is 79.3 cm³/mol. The number of carbonyl (C=O) groups excluding carboxylic acids is 2. The number of hydrogen-bond acceptors (Lipinski definition) is 2. The van der Waals surface area contributed by atoms with Crippen LogP contribution in [0.5, 0.6) is 0 Å². The third-order valence-electron chi connectivity index (χ3n) is 2.78. The van der Waals surface area contributed by atoms with Gasteiger partial charge >= 0.3 is 6.03 Å². The van der Waals surface area contributed by atoms with Gasteiger partial charge in [0.05, 0.1) is 0 Å². The Morgan fingerprint density at radius 1 is 1.00 bits per heavy atom. The Kier molecular flexibility index (Phi) is 7.17. The molecule has 0 unspecified atom stereocenters. The Morgan fingerprint density at radius 2 is 1.70 bits per heavy atom. The van der Waals surface area contributed by atoms with Crippen molar-refractivity contribution in [1.29, 1.82) is 0 Å². The second-order valence-corrected chi connectivity index (χ2v) is 4.70. The SMILES string of the molecule is CCCNC(=O)CCNC(=O)NCc1ccc(C)cc1. The normalized spacial score (nSPS) is 9.90. The summed E-state index contributed by atoms with van der Waals surface area (Å²) in [6, 6.07) is 7.72. The fraction of sp³-hybridized carbons (Fsp3) is 0.467. The molecule has 0 atom stereocenters. The molecule has 0 spiro atoms. The van der Waals surface area contributed by atoms with Crippen molar-refractivity contribution in [2.75, 3.05) is 13.1 Å². The third kappa shape index (κ3) is 6.78. The lowest BCUT2D eigenvalue weighted by atomic mass is 10.1. The molecular formula is C15H23N3O2. The first-order valence-corrected chi connectivity index (χ1v) is 6.95. The van der Waals surface area contributed by atoms with Crippen molar-refractivity contribution in [2.24, 2.45) is 0 Å². The zero-order valence-electron chi connectivity index (χ0n) is 12.2. The van der Waals surface area contributed by atoms with E-state index in [0.29, 0.717) is 26.1 Å². The number of aryl methyl sites for hydroxylation is 1. The second-order valence-electron chi connectivity index (χ2n) is 4.70. The van der Waals surface area contributed by atoms with E-state index in [-0.39, 0.29) is 11.9 Å². The second kappa shape index (κ2) is 8.96. The van der Waals surface area contributed by atoms with Crippen molar-refractivity contribution in [2.45, 2.75) is 33.2 Å². The highest BCUT2D eigenvalue weighted by atomic mass is 16.2. The van der Waals surface area contributed by atoms with Crippen molar-refractivity contribution in [3.05, 3.63) is 35.4 Å². The van der Waals surface area contributed by atoms with Crippen LogP contribution in [0.3, 0.4) is 0 Å². The third-order valence-corrected chi connectivity index (χ3v) is 2.78. The van der Waals surface area contributed by atoms with E-state index in [1.54, 1.807) is 0 Å². The average Bonchev–Trinajstić information content (AvgIpc) is 2.44. The molecule has 0 saturated heterocycles. The Morgan fingerprint density at radius 3 is 2.35 bits per heavy atom. The predicted octanol–water partition coefficient (Wildman–Crippen LogP) is 1.71. The van der Waals surface area contributed by atoms with Gasteiger partial charge in [-0.3, -0.25) is 4.79 Å². The van der Waals surface area contributed by atoms with Crippen molar-refractivity contribution >= 4 is 11.9 Å². The first kappa shape index (κ1) is 16.0. The van der Waals surface area contributed by atoms with Gasteiger partial charge in [-0.25, -0.2) is 4.79 Å². The Bertz CT molecular complexity index is 429. The minimum atomic E-state index is -0.256. The van der Waals surface area contributed by atoms with Gasteiger partial charge < -0.3 is 16.0 Å². The molecule has 0 heterocycles. The van der Waals surface area contributed by atoms with Crippen molar-refractivity contribution in [3.8, 4) is 0 Å². The Hall–Kier alpha value is -2.04. The van der Waals surface area contributed by atoms with Gasteiger partial charge in [-0.1, -0.05) is 36.8 Å². The van der Waals surface area contributed by atoms with Crippen LogP contribution in [0.4, 0.5) is 4.79 Å². The van der Waals surface area contributed by atoms with Gasteiger partial charge in [0.1, 0.15) is 0 Å². The quantitative estimate of drug-likeness (QED) is 0.710. The number of carbonyl (C=O) groups is 2. The molecular weight excluding hydrogens is 254 g/mol. The number of nitrogens with one attached hydrogen (secondary N) is 3. The summed E-state index contributed by atoms with van der Waals surface area (Å²) in [4.78, 5) is 22.8. The lowest BCUT2D eigenvalue weighted by Crippen LogP contribution is -2.37. The van der Waals surface area contributed by atoms with E-state index in [1.807, 2.05) is 38.1 Å². The largest absolute Gasteiger partial charge is 0.356 e. The molecule has 1 aromatic carbocycles. The first-order chi connectivity index (χ1) is 9.61. The van der Waals surface area contributed by atoms with Crippen LogP contribution in [0.1, 0.15) is 30.9 Å². The van der Waals surface area contributed by atoms with Crippen LogP contribution in [0.25, 0.3) is 0 Å². The molecule has 5 heteroatoms. The van der Waals surface area contributed by atoms with Gasteiger partial charge in [0.25, 0.3) is 0 Å². The van der Waals surface area contributed by atoms with Crippen LogP contribution >= 0.6 is 0 Å². The number of urea groups is 1. The summed E-state index contributed by atoms with van der Waals surface area (Å²) in [5.41, 5.74) is 2.24. The topological polar surface area (TPSA) is 70.2 Å². The summed E-state index contributed by atoms with van der Waals surface area (Å²) in [6.07, 6.45) is 1.22. The lowest BCUT2D eigenvalue weighted by molar-refractivity contribution is -0.120. The van der Waals surface area contributed by atoms with Crippen LogP contribution in [-0.2, 0) is 11.3 Å². The average molecular weight is 277 g/mol. The van der Waals surface area contributed by atoms with Crippen molar-refractivity contribution in [1.82, 2.24) is 16.0 Å². The van der Waals surface area contributed by atoms with Gasteiger partial charge in [-0.2, -0.15) is 0 Å². The number of benzene rings is 1. The van der Waals surface area contributed by atoms with Gasteiger partial charge in [-0.05, 0) is 18.9 Å². The monoisotopic (exact) mass is 277 g/mol. The highest BCUT2D eigenvalue weighted by molar-refractivity contribution is 5.78. The van der Waals surface area contributed by atoms with E-state index in [2.05, 4.69) is 16.0 Å². The summed E-state index contributed by atoms with van der Waals surface area (Å²) in [5.74, 6) is -0.0364. The van der Waals surface area contributed by atoms with E-state index < -0.39 is 0 Å². The molecule has 3 amide bonds. The maximum absolute atomic E-state index is 11.5. The Labute approximate surface area is 120 Å². The maximum Gasteiger partial charge on any atom is 0.315 e. The fourth-order valence-electron chi connectivity index (χ4n) is 1.59. The molecule has 0 aliphatic rings. The minimum absolute atomic E-state index is 0.0364. The molecule has 1 rings (SSSR count). The Balaban J connectivity index is 2.14. The van der Waals surface area contributed by atoms with Crippen LogP contribution in [0.15, 0.2) is 24.3 Å². The summed E-state index contributed by atoms with van der Waals surface area (Å²) in [7, 11) is 0. The van der Waals surface area contributed by atoms with Crippen molar-refractivity contribution in [3.63, 3.8) is 0 Å². The zero-order chi connectivity index (χ0) is 14.8. The smallest absolute Gasteiger partial charge is 0.315 e. The molecule has 110 valence electrons. The summed E-state index contributed by atoms with van der Waals surface area (Å²) < 4.78 is 0. The van der Waals surface area contributed by atoms with E-state index in [1.165, 1.54) is 5.56 Å². The molecule has 0 radical (unpaired) electrons. The first-order valence-electron chi connectivity index (χ1n) is 6.95. The lowest BCUT2D eigenvalue weighted by Gasteiger charge is -2.08. The molecule has 3 N–H and O–H groups in total. The highest BCUT2D eigenvalue weighted by Gasteiger charge is 2.03. The van der Waals surface area contributed by atoms with Gasteiger partial charge in [0.2, 0.25) is 5.91 Å². The van der Waals surface area contributed by atoms with E-state index in [4.69, 9.17) is 0 Å². The number of rotatable bonds is 7. The molecule has 0 saturated carbocycles. The highest BCUT2D eigenvalue weighted by Crippen LogP contribution is 2.02. The van der Waals surface area contributed by atoms with Crippen LogP contribution in [0.2, 0.25) is 0 Å². The standard InChI is InChI=1S/C15H23N3O2/c1-3-9-16-14(19)8-10-17-15(20)18-11-13-6-4-12(2)5-7-13/h4-7H,3,8-11H2,1-2H3,(H,16,19)(H2,17,18,20). The molecule has 1 aromatic rings. The van der Waals surface area contributed by atoms with Crippen LogP contribution in [-0.4, -0.2) is 25.0 Å².